The number of β-amino-alcohol motifs (C(OH)–C–C–N with tert-alkyl or cyclic N) is 1. The van der Waals surface area contributed by atoms with Crippen LogP contribution < -0.4 is 10.6 Å². The van der Waals surface area contributed by atoms with Crippen molar-refractivity contribution in [3.8, 4) is 0 Å². The normalized spacial score (nSPS) is 18.9. The molecule has 1 heterocycles. The minimum atomic E-state index is -4.54. The van der Waals surface area contributed by atoms with E-state index < -0.39 is 29.7 Å². The SMILES string of the molecule is CCC(O)CN1CCCC1NC(=O)CNC(=O)c1cccc(C(F)(F)F)c1. The van der Waals surface area contributed by atoms with Gasteiger partial charge in [0.15, 0.2) is 0 Å². The fourth-order valence-electron chi connectivity index (χ4n) is 2.94. The van der Waals surface area contributed by atoms with E-state index in [4.69, 9.17) is 0 Å². The maximum absolute atomic E-state index is 12.7. The van der Waals surface area contributed by atoms with Gasteiger partial charge >= 0.3 is 6.18 Å². The second-order valence-electron chi connectivity index (χ2n) is 6.54. The van der Waals surface area contributed by atoms with Crippen LogP contribution in [0.3, 0.4) is 0 Å². The van der Waals surface area contributed by atoms with Crippen LogP contribution in [0.1, 0.15) is 42.1 Å². The summed E-state index contributed by atoms with van der Waals surface area (Å²) in [6.07, 6.45) is -2.98. The summed E-state index contributed by atoms with van der Waals surface area (Å²) in [6, 6.07) is 4.03. The van der Waals surface area contributed by atoms with Gasteiger partial charge in [-0.15, -0.1) is 0 Å². The molecule has 150 valence electrons. The highest BCUT2D eigenvalue weighted by molar-refractivity contribution is 5.96. The summed E-state index contributed by atoms with van der Waals surface area (Å²) < 4.78 is 38.1. The first-order chi connectivity index (χ1) is 12.7. The standard InChI is InChI=1S/C18H24F3N3O3/c1-2-14(25)11-24-8-4-7-15(24)23-16(26)10-22-17(27)12-5-3-6-13(9-12)18(19,20)21/h3,5-6,9,14-15,25H,2,4,7-8,10-11H2,1H3,(H,22,27)(H,23,26). The van der Waals surface area contributed by atoms with Crippen molar-refractivity contribution < 1.29 is 27.9 Å². The van der Waals surface area contributed by atoms with Crippen LogP contribution in [0.4, 0.5) is 13.2 Å². The number of hydrogen-bond acceptors (Lipinski definition) is 4. The van der Waals surface area contributed by atoms with E-state index in [1.54, 1.807) is 0 Å². The molecule has 0 aromatic heterocycles. The zero-order valence-electron chi connectivity index (χ0n) is 15.1. The molecule has 0 bridgehead atoms. The lowest BCUT2D eigenvalue weighted by atomic mass is 10.1. The molecule has 1 aliphatic rings. The molecule has 1 fully saturated rings. The molecule has 2 atom stereocenters. The minimum Gasteiger partial charge on any atom is -0.392 e. The first-order valence-corrected chi connectivity index (χ1v) is 8.87. The number of hydrogen-bond donors (Lipinski definition) is 3. The molecule has 27 heavy (non-hydrogen) atoms. The van der Waals surface area contributed by atoms with Gasteiger partial charge in [0, 0.05) is 18.7 Å². The molecule has 0 aliphatic carbocycles. The predicted octanol–water partition coefficient (Wildman–Crippen LogP) is 1.74. The van der Waals surface area contributed by atoms with Crippen molar-refractivity contribution in [3.63, 3.8) is 0 Å². The van der Waals surface area contributed by atoms with E-state index in [0.29, 0.717) is 13.0 Å². The summed E-state index contributed by atoms with van der Waals surface area (Å²) in [5.41, 5.74) is -1.08. The van der Waals surface area contributed by atoms with E-state index in [2.05, 4.69) is 10.6 Å². The highest BCUT2D eigenvalue weighted by Crippen LogP contribution is 2.29. The smallest absolute Gasteiger partial charge is 0.392 e. The van der Waals surface area contributed by atoms with Gasteiger partial charge in [0.2, 0.25) is 5.91 Å². The molecule has 2 rings (SSSR count). The van der Waals surface area contributed by atoms with Gasteiger partial charge in [-0.1, -0.05) is 13.0 Å². The molecule has 2 unspecified atom stereocenters. The molecule has 0 saturated carbocycles. The van der Waals surface area contributed by atoms with Crippen molar-refractivity contribution in [2.24, 2.45) is 0 Å². The fourth-order valence-corrected chi connectivity index (χ4v) is 2.94. The number of amides is 2. The van der Waals surface area contributed by atoms with Gasteiger partial charge in [-0.05, 0) is 37.5 Å². The number of aliphatic hydroxyl groups excluding tert-OH is 1. The maximum Gasteiger partial charge on any atom is 0.416 e. The lowest BCUT2D eigenvalue weighted by Crippen LogP contribution is -2.49. The number of nitrogens with one attached hydrogen (secondary N) is 2. The van der Waals surface area contributed by atoms with Gasteiger partial charge in [0.1, 0.15) is 0 Å². The number of benzene rings is 1. The number of carbonyl (C=O) groups excluding carboxylic acids is 2. The number of aliphatic hydroxyl groups is 1. The Morgan fingerprint density at radius 3 is 2.78 bits per heavy atom. The van der Waals surface area contributed by atoms with Crippen molar-refractivity contribution in [2.75, 3.05) is 19.6 Å². The summed E-state index contributed by atoms with van der Waals surface area (Å²) in [6.45, 7) is 2.75. The average Bonchev–Trinajstić information content (AvgIpc) is 3.05. The molecular weight excluding hydrogens is 363 g/mol. The third-order valence-corrected chi connectivity index (χ3v) is 4.47. The van der Waals surface area contributed by atoms with Gasteiger partial charge in [-0.2, -0.15) is 13.2 Å². The van der Waals surface area contributed by atoms with Crippen LogP contribution >= 0.6 is 0 Å². The summed E-state index contributed by atoms with van der Waals surface area (Å²) in [5, 5.41) is 14.9. The van der Waals surface area contributed by atoms with Crippen LogP contribution in [0.2, 0.25) is 0 Å². The van der Waals surface area contributed by atoms with Gasteiger partial charge in [0.05, 0.1) is 24.4 Å². The third kappa shape index (κ3) is 6.21. The highest BCUT2D eigenvalue weighted by atomic mass is 19.4. The van der Waals surface area contributed by atoms with Crippen LogP contribution in [0.15, 0.2) is 24.3 Å². The monoisotopic (exact) mass is 387 g/mol. The number of likely N-dealkylation sites (tertiary alicyclic amines) is 1. The Kier molecular flexibility index (Phi) is 7.20. The van der Waals surface area contributed by atoms with Gasteiger partial charge in [-0.25, -0.2) is 0 Å². The van der Waals surface area contributed by atoms with Crippen LogP contribution in [-0.2, 0) is 11.0 Å². The van der Waals surface area contributed by atoms with Gasteiger partial charge in [0.25, 0.3) is 5.91 Å². The van der Waals surface area contributed by atoms with Gasteiger partial charge < -0.3 is 15.7 Å². The zero-order valence-corrected chi connectivity index (χ0v) is 15.1. The fraction of sp³-hybridized carbons (Fsp3) is 0.556. The van der Waals surface area contributed by atoms with E-state index in [-0.39, 0.29) is 18.3 Å². The van der Waals surface area contributed by atoms with E-state index in [9.17, 15) is 27.9 Å². The maximum atomic E-state index is 12.7. The molecule has 1 aromatic rings. The number of nitrogens with zero attached hydrogens (tertiary/aromatic N) is 1. The molecule has 9 heteroatoms. The highest BCUT2D eigenvalue weighted by Gasteiger charge is 2.31. The molecule has 2 amide bonds. The third-order valence-electron chi connectivity index (χ3n) is 4.47. The lowest BCUT2D eigenvalue weighted by molar-refractivity contribution is -0.137. The van der Waals surface area contributed by atoms with E-state index >= 15 is 0 Å². The van der Waals surface area contributed by atoms with E-state index in [1.165, 1.54) is 6.07 Å². The molecule has 6 nitrogen and oxygen atoms in total. The second-order valence-corrected chi connectivity index (χ2v) is 6.54. The largest absolute Gasteiger partial charge is 0.416 e. The molecule has 1 aromatic carbocycles. The Labute approximate surface area is 155 Å². The first-order valence-electron chi connectivity index (χ1n) is 8.87. The molecule has 1 saturated heterocycles. The van der Waals surface area contributed by atoms with Crippen LogP contribution in [0, 0.1) is 0 Å². The second kappa shape index (κ2) is 9.18. The molecule has 0 spiro atoms. The molecule has 1 aliphatic heterocycles. The number of carbonyl (C=O) groups is 2. The Balaban J connectivity index is 1.85. The Bertz CT molecular complexity index is 667. The van der Waals surface area contributed by atoms with Gasteiger partial charge in [-0.3, -0.25) is 14.5 Å². The lowest BCUT2D eigenvalue weighted by Gasteiger charge is -2.27. The quantitative estimate of drug-likeness (QED) is 0.666. The molecule has 0 radical (unpaired) electrons. The minimum absolute atomic E-state index is 0.161. The average molecular weight is 387 g/mol. The van der Waals surface area contributed by atoms with Crippen LogP contribution in [0.25, 0.3) is 0 Å². The predicted molar refractivity (Wildman–Crippen MR) is 92.8 cm³/mol. The zero-order chi connectivity index (χ0) is 20.0. The summed E-state index contributed by atoms with van der Waals surface area (Å²) in [4.78, 5) is 26.1. The van der Waals surface area contributed by atoms with Crippen molar-refractivity contribution >= 4 is 11.8 Å². The summed E-state index contributed by atoms with van der Waals surface area (Å²) >= 11 is 0. The number of alkyl halides is 3. The van der Waals surface area contributed by atoms with Crippen molar-refractivity contribution in [2.45, 2.75) is 44.6 Å². The molecular formula is C18H24F3N3O3. The van der Waals surface area contributed by atoms with E-state index in [1.807, 2.05) is 11.8 Å². The van der Waals surface area contributed by atoms with Crippen molar-refractivity contribution in [1.82, 2.24) is 15.5 Å². The molecule has 3 N–H and O–H groups in total. The Morgan fingerprint density at radius 2 is 2.11 bits per heavy atom. The topological polar surface area (TPSA) is 81.7 Å². The summed E-state index contributed by atoms with van der Waals surface area (Å²) in [7, 11) is 0. The number of rotatable bonds is 7. The van der Waals surface area contributed by atoms with E-state index in [0.717, 1.165) is 37.6 Å². The number of halogens is 3. The summed E-state index contributed by atoms with van der Waals surface area (Å²) in [5.74, 6) is -1.18. The Morgan fingerprint density at radius 1 is 1.37 bits per heavy atom. The van der Waals surface area contributed by atoms with Crippen molar-refractivity contribution in [3.05, 3.63) is 35.4 Å². The first kappa shape index (κ1) is 21.2. The van der Waals surface area contributed by atoms with Crippen LogP contribution in [0.5, 0.6) is 0 Å². The van der Waals surface area contributed by atoms with Crippen LogP contribution in [-0.4, -0.2) is 53.7 Å². The Hall–Kier alpha value is -2.13. The van der Waals surface area contributed by atoms with Crippen molar-refractivity contribution in [1.29, 1.82) is 0 Å².